The Kier molecular flexibility index (Phi) is 7.09. The van der Waals surface area contributed by atoms with Gasteiger partial charge in [0, 0.05) is 16.3 Å². The highest BCUT2D eigenvalue weighted by atomic mass is 35.5. The van der Waals surface area contributed by atoms with Crippen LogP contribution >= 0.6 is 11.6 Å². The van der Waals surface area contributed by atoms with Crippen LogP contribution in [0.3, 0.4) is 0 Å². The molecule has 0 aliphatic heterocycles. The van der Waals surface area contributed by atoms with Gasteiger partial charge >= 0.3 is 5.97 Å². The number of nitriles is 3. The van der Waals surface area contributed by atoms with Crippen molar-refractivity contribution in [1.82, 2.24) is 0 Å². The molecule has 29 heavy (non-hydrogen) atoms. The summed E-state index contributed by atoms with van der Waals surface area (Å²) in [6.45, 7) is 1.47. The van der Waals surface area contributed by atoms with Crippen molar-refractivity contribution in [3.63, 3.8) is 0 Å². The molecule has 2 rings (SSSR count). The van der Waals surface area contributed by atoms with Gasteiger partial charge in [0.1, 0.15) is 23.9 Å². The molecule has 2 aromatic rings. The summed E-state index contributed by atoms with van der Waals surface area (Å²) in [7, 11) is 0. The average Bonchev–Trinajstić information content (AvgIpc) is 2.74. The van der Waals surface area contributed by atoms with Crippen molar-refractivity contribution in [2.75, 3.05) is 5.32 Å². The number of Topliss-reactive ketones (excluding diaryl/α,β-unsaturated/α-hetero) is 1. The van der Waals surface area contributed by atoms with E-state index in [0.29, 0.717) is 16.3 Å². The summed E-state index contributed by atoms with van der Waals surface area (Å²) in [5, 5.41) is 29.8. The number of esters is 1. The van der Waals surface area contributed by atoms with Crippen LogP contribution in [0, 0.1) is 34.0 Å². The maximum absolute atomic E-state index is 12.3. The van der Waals surface area contributed by atoms with Gasteiger partial charge in [0.05, 0.1) is 5.56 Å². The van der Waals surface area contributed by atoms with Gasteiger partial charge in [-0.1, -0.05) is 11.6 Å². The molecular formula is C21H13ClN4O3. The summed E-state index contributed by atoms with van der Waals surface area (Å²) in [5.74, 6) is -1.06. The molecule has 0 aliphatic rings. The molecule has 0 radical (unpaired) electrons. The van der Waals surface area contributed by atoms with Crippen LogP contribution in [0.15, 0.2) is 59.8 Å². The van der Waals surface area contributed by atoms with E-state index in [-0.39, 0.29) is 22.6 Å². The van der Waals surface area contributed by atoms with Gasteiger partial charge in [-0.15, -0.1) is 0 Å². The fourth-order valence-electron chi connectivity index (χ4n) is 2.25. The minimum atomic E-state index is -0.997. The topological polar surface area (TPSA) is 127 Å². The molecule has 0 saturated heterocycles. The predicted molar refractivity (Wildman–Crippen MR) is 105 cm³/mol. The number of rotatable bonds is 6. The van der Waals surface area contributed by atoms with Crippen molar-refractivity contribution in [3.05, 3.63) is 76.0 Å². The Hall–Kier alpha value is -4.12. The number of anilines is 1. The molecule has 0 spiro atoms. The Balaban J connectivity index is 2.07. The maximum Gasteiger partial charge on any atom is 0.338 e. The number of nitrogens with zero attached hydrogens (tertiary/aromatic N) is 3. The van der Waals surface area contributed by atoms with Crippen molar-refractivity contribution in [2.45, 2.75) is 13.0 Å². The summed E-state index contributed by atoms with van der Waals surface area (Å²) in [4.78, 5) is 24.6. The quantitative estimate of drug-likeness (QED) is 0.437. The highest BCUT2D eigenvalue weighted by Crippen LogP contribution is 2.16. The lowest BCUT2D eigenvalue weighted by atomic mass is 10.1. The number of hydrogen-bond donors (Lipinski definition) is 1. The summed E-state index contributed by atoms with van der Waals surface area (Å²) in [5.41, 5.74) is 0.398. The molecule has 7 nitrogen and oxygen atoms in total. The van der Waals surface area contributed by atoms with Gasteiger partial charge in [-0.3, -0.25) is 4.79 Å². The monoisotopic (exact) mass is 404 g/mol. The first-order valence-corrected chi connectivity index (χ1v) is 8.59. The molecule has 0 aromatic heterocycles. The molecule has 1 atom stereocenters. The van der Waals surface area contributed by atoms with E-state index in [4.69, 9.17) is 32.1 Å². The molecule has 142 valence electrons. The number of carbonyl (C=O) groups is 2. The average molecular weight is 405 g/mol. The Morgan fingerprint density at radius 1 is 0.931 bits per heavy atom. The van der Waals surface area contributed by atoms with Crippen LogP contribution < -0.4 is 5.32 Å². The molecule has 2 aromatic carbocycles. The highest BCUT2D eigenvalue weighted by molar-refractivity contribution is 6.30. The smallest absolute Gasteiger partial charge is 0.338 e. The van der Waals surface area contributed by atoms with E-state index in [1.165, 1.54) is 31.2 Å². The van der Waals surface area contributed by atoms with E-state index in [2.05, 4.69) is 5.32 Å². The maximum atomic E-state index is 12.3. The van der Waals surface area contributed by atoms with Crippen molar-refractivity contribution < 1.29 is 14.3 Å². The predicted octanol–water partition coefficient (Wildman–Crippen LogP) is 4.00. The second kappa shape index (κ2) is 9.71. The number of hydrogen-bond acceptors (Lipinski definition) is 7. The van der Waals surface area contributed by atoms with Gasteiger partial charge in [-0.2, -0.15) is 15.8 Å². The number of ketones is 1. The van der Waals surface area contributed by atoms with Gasteiger partial charge in [0.15, 0.2) is 11.7 Å². The number of nitrogens with one attached hydrogen (secondary N) is 1. The lowest BCUT2D eigenvalue weighted by Crippen LogP contribution is -2.24. The molecule has 1 N–H and O–H groups in total. The van der Waals surface area contributed by atoms with E-state index in [0.717, 1.165) is 0 Å². The number of halogens is 1. The molecule has 8 heteroatoms. The fraction of sp³-hybridized carbons (Fsp3) is 0.0952. The largest absolute Gasteiger partial charge is 0.451 e. The van der Waals surface area contributed by atoms with Crippen LogP contribution in [0.2, 0.25) is 5.02 Å². The first kappa shape index (κ1) is 21.2. The lowest BCUT2D eigenvalue weighted by Gasteiger charge is -2.13. The van der Waals surface area contributed by atoms with Gasteiger partial charge in [-0.05, 0) is 55.5 Å². The van der Waals surface area contributed by atoms with E-state index in [1.807, 2.05) is 0 Å². The van der Waals surface area contributed by atoms with E-state index in [9.17, 15) is 9.59 Å². The zero-order chi connectivity index (χ0) is 21.4. The Labute approximate surface area is 172 Å². The second-order valence-electron chi connectivity index (χ2n) is 5.71. The van der Waals surface area contributed by atoms with Crippen molar-refractivity contribution in [2.24, 2.45) is 0 Å². The van der Waals surface area contributed by atoms with Crippen LogP contribution in [0.1, 0.15) is 27.6 Å². The molecule has 0 saturated carbocycles. The van der Waals surface area contributed by atoms with Gasteiger partial charge < -0.3 is 10.1 Å². The molecule has 0 fully saturated rings. The fourth-order valence-corrected chi connectivity index (χ4v) is 2.37. The van der Waals surface area contributed by atoms with E-state index < -0.39 is 12.1 Å². The van der Waals surface area contributed by atoms with Crippen molar-refractivity contribution >= 4 is 29.0 Å². The van der Waals surface area contributed by atoms with Crippen LogP contribution in [0.25, 0.3) is 0 Å². The van der Waals surface area contributed by atoms with Crippen molar-refractivity contribution in [3.8, 4) is 18.2 Å². The summed E-state index contributed by atoms with van der Waals surface area (Å²) >= 11 is 5.79. The Morgan fingerprint density at radius 2 is 1.48 bits per heavy atom. The first-order valence-electron chi connectivity index (χ1n) is 8.22. The number of carbonyl (C=O) groups excluding carboxylic acids is 2. The molecule has 0 amide bonds. The third-order valence-corrected chi connectivity index (χ3v) is 4.01. The minimum Gasteiger partial charge on any atom is -0.451 e. The molecular weight excluding hydrogens is 392 g/mol. The standard InChI is InChI=1S/C21H13ClN4O3/c1-13(20(27)14-2-6-17(22)7-3-14)29-21(28)15-4-8-18(9-5-15)26-19(12-25)16(10-23)11-24/h2-9,13,26H,1H3. The van der Waals surface area contributed by atoms with Crippen LogP contribution in [0.4, 0.5) is 5.69 Å². The Morgan fingerprint density at radius 3 is 2.00 bits per heavy atom. The number of benzene rings is 2. The molecule has 0 aliphatic carbocycles. The van der Waals surface area contributed by atoms with E-state index >= 15 is 0 Å². The molecule has 0 heterocycles. The third-order valence-electron chi connectivity index (χ3n) is 3.76. The summed E-state index contributed by atoms with van der Waals surface area (Å²) < 4.78 is 5.21. The summed E-state index contributed by atoms with van der Waals surface area (Å²) in [6, 6.07) is 17.0. The summed E-state index contributed by atoms with van der Waals surface area (Å²) in [6.07, 6.45) is -0.997. The minimum absolute atomic E-state index is 0.189. The molecule has 1 unspecified atom stereocenters. The van der Waals surface area contributed by atoms with Gasteiger partial charge in [0.2, 0.25) is 5.78 Å². The zero-order valence-corrected chi connectivity index (χ0v) is 15.9. The second-order valence-corrected chi connectivity index (χ2v) is 6.14. The number of ether oxygens (including phenoxy) is 1. The number of allylic oxidation sites excluding steroid dienone is 2. The van der Waals surface area contributed by atoms with Crippen LogP contribution in [-0.2, 0) is 4.74 Å². The van der Waals surface area contributed by atoms with Crippen LogP contribution in [0.5, 0.6) is 0 Å². The Bertz CT molecular complexity index is 1070. The normalized spacial score (nSPS) is 10.4. The van der Waals surface area contributed by atoms with Gasteiger partial charge in [0.25, 0.3) is 0 Å². The lowest BCUT2D eigenvalue weighted by molar-refractivity contribution is 0.0319. The van der Waals surface area contributed by atoms with Gasteiger partial charge in [-0.25, -0.2) is 4.79 Å². The molecule has 0 bridgehead atoms. The van der Waals surface area contributed by atoms with E-state index in [1.54, 1.807) is 42.5 Å². The zero-order valence-electron chi connectivity index (χ0n) is 15.1. The highest BCUT2D eigenvalue weighted by Gasteiger charge is 2.20. The van der Waals surface area contributed by atoms with Crippen LogP contribution in [-0.4, -0.2) is 17.9 Å². The SMILES string of the molecule is CC(OC(=O)c1ccc(NC(C#N)=C(C#N)C#N)cc1)C(=O)c1ccc(Cl)cc1. The first-order chi connectivity index (χ1) is 13.9. The van der Waals surface area contributed by atoms with Crippen molar-refractivity contribution in [1.29, 1.82) is 15.8 Å². The third kappa shape index (κ3) is 5.43.